The first-order valence-electron chi connectivity index (χ1n) is 7.60. The first-order chi connectivity index (χ1) is 10.6. The van der Waals surface area contributed by atoms with Gasteiger partial charge in [-0.3, -0.25) is 4.79 Å². The quantitative estimate of drug-likeness (QED) is 0.863. The molecule has 0 N–H and O–H groups in total. The van der Waals surface area contributed by atoms with Crippen LogP contribution >= 0.6 is 0 Å². The van der Waals surface area contributed by atoms with Crippen LogP contribution in [0.3, 0.4) is 0 Å². The number of amides is 1. The molecule has 0 spiro atoms. The Labute approximate surface area is 128 Å². The lowest BCUT2D eigenvalue weighted by atomic mass is 10.0. The minimum atomic E-state index is -0.268. The number of carbonyl (C=O) groups is 1. The van der Waals surface area contributed by atoms with Crippen molar-refractivity contribution in [1.29, 1.82) is 0 Å². The topological polar surface area (TPSA) is 46.3 Å². The third-order valence-corrected chi connectivity index (χ3v) is 4.09. The largest absolute Gasteiger partial charge is 0.360 e. The molecule has 0 bridgehead atoms. The van der Waals surface area contributed by atoms with Gasteiger partial charge in [-0.2, -0.15) is 0 Å². The van der Waals surface area contributed by atoms with Crippen molar-refractivity contribution in [3.8, 4) is 0 Å². The summed E-state index contributed by atoms with van der Waals surface area (Å²) in [7, 11) is 0. The van der Waals surface area contributed by atoms with Crippen molar-refractivity contribution in [2.45, 2.75) is 38.6 Å². The molecule has 2 aromatic rings. The molecular weight excluding hydrogens is 283 g/mol. The molecule has 0 radical (unpaired) electrons. The van der Waals surface area contributed by atoms with Gasteiger partial charge in [0.05, 0.1) is 6.04 Å². The maximum Gasteiger partial charge on any atom is 0.276 e. The Morgan fingerprint density at radius 3 is 2.86 bits per heavy atom. The van der Waals surface area contributed by atoms with Crippen LogP contribution in [0.4, 0.5) is 4.39 Å². The van der Waals surface area contributed by atoms with E-state index in [1.165, 1.54) is 6.07 Å². The van der Waals surface area contributed by atoms with E-state index in [-0.39, 0.29) is 23.7 Å². The van der Waals surface area contributed by atoms with Gasteiger partial charge >= 0.3 is 0 Å². The molecule has 4 nitrogen and oxygen atoms in total. The van der Waals surface area contributed by atoms with Crippen LogP contribution < -0.4 is 0 Å². The van der Waals surface area contributed by atoms with Gasteiger partial charge in [-0.15, -0.1) is 0 Å². The molecule has 2 heterocycles. The number of hydrogen-bond donors (Lipinski definition) is 0. The summed E-state index contributed by atoms with van der Waals surface area (Å²) in [4.78, 5) is 14.4. The van der Waals surface area contributed by atoms with Crippen LogP contribution in [0.1, 0.15) is 60.5 Å². The molecule has 0 aliphatic carbocycles. The van der Waals surface area contributed by atoms with Crippen LogP contribution in [0.2, 0.25) is 0 Å². The number of aromatic nitrogens is 1. The molecule has 0 saturated carbocycles. The highest BCUT2D eigenvalue weighted by molar-refractivity contribution is 5.92. The smallest absolute Gasteiger partial charge is 0.276 e. The van der Waals surface area contributed by atoms with Crippen molar-refractivity contribution in [3.63, 3.8) is 0 Å². The Morgan fingerprint density at radius 2 is 2.18 bits per heavy atom. The Balaban J connectivity index is 1.86. The number of nitrogens with zero attached hydrogens (tertiary/aromatic N) is 2. The van der Waals surface area contributed by atoms with Crippen molar-refractivity contribution in [2.24, 2.45) is 0 Å². The second-order valence-electron chi connectivity index (χ2n) is 5.95. The van der Waals surface area contributed by atoms with Gasteiger partial charge in [-0.25, -0.2) is 4.39 Å². The summed E-state index contributed by atoms with van der Waals surface area (Å²) in [5.41, 5.74) is 0.868. The van der Waals surface area contributed by atoms with Gasteiger partial charge in [0.15, 0.2) is 5.69 Å². The highest BCUT2D eigenvalue weighted by Gasteiger charge is 2.33. The van der Waals surface area contributed by atoms with E-state index in [9.17, 15) is 9.18 Å². The van der Waals surface area contributed by atoms with Crippen LogP contribution in [-0.2, 0) is 0 Å². The van der Waals surface area contributed by atoms with Crippen LogP contribution in [0.5, 0.6) is 0 Å². The minimum Gasteiger partial charge on any atom is -0.360 e. The van der Waals surface area contributed by atoms with Crippen molar-refractivity contribution in [1.82, 2.24) is 10.1 Å². The van der Waals surface area contributed by atoms with E-state index in [0.717, 1.165) is 12.8 Å². The molecule has 3 rings (SSSR count). The predicted molar refractivity (Wildman–Crippen MR) is 80.0 cm³/mol. The van der Waals surface area contributed by atoms with Gasteiger partial charge in [0.2, 0.25) is 0 Å². The summed E-state index contributed by atoms with van der Waals surface area (Å²) in [5.74, 6) is 0.400. The van der Waals surface area contributed by atoms with E-state index < -0.39 is 0 Å². The summed E-state index contributed by atoms with van der Waals surface area (Å²) in [6.07, 6.45) is 1.63. The fourth-order valence-electron chi connectivity index (χ4n) is 2.89. The predicted octanol–water partition coefficient (Wildman–Crippen LogP) is 3.91. The van der Waals surface area contributed by atoms with E-state index in [0.29, 0.717) is 23.6 Å². The summed E-state index contributed by atoms with van der Waals surface area (Å²) in [6.45, 7) is 4.57. The Kier molecular flexibility index (Phi) is 3.96. The van der Waals surface area contributed by atoms with Crippen LogP contribution in [0.25, 0.3) is 0 Å². The SMILES string of the molecule is CC(C)c1cc(C(=O)N2CCCC2c2ccccc2F)no1. The van der Waals surface area contributed by atoms with E-state index in [1.807, 2.05) is 13.8 Å². The fourth-order valence-corrected chi connectivity index (χ4v) is 2.89. The number of halogens is 1. The molecule has 1 aliphatic heterocycles. The minimum absolute atomic E-state index is 0.176. The Hall–Kier alpha value is -2.17. The zero-order valence-electron chi connectivity index (χ0n) is 12.8. The molecular formula is C17H19FN2O2. The molecule has 1 aromatic heterocycles. The highest BCUT2D eigenvalue weighted by atomic mass is 19.1. The van der Waals surface area contributed by atoms with Crippen LogP contribution in [0.15, 0.2) is 34.9 Å². The summed E-state index contributed by atoms with van der Waals surface area (Å²) in [5, 5.41) is 3.87. The Bertz CT molecular complexity index is 681. The van der Waals surface area contributed by atoms with Gasteiger partial charge in [0.25, 0.3) is 5.91 Å². The van der Waals surface area contributed by atoms with E-state index in [4.69, 9.17) is 4.52 Å². The number of likely N-dealkylation sites (tertiary alicyclic amines) is 1. The Morgan fingerprint density at radius 1 is 1.41 bits per heavy atom. The highest BCUT2D eigenvalue weighted by Crippen LogP contribution is 2.34. The number of carbonyl (C=O) groups excluding carboxylic acids is 1. The summed E-state index contributed by atoms with van der Waals surface area (Å²) >= 11 is 0. The molecule has 1 amide bonds. The summed E-state index contributed by atoms with van der Waals surface area (Å²) in [6, 6.07) is 8.09. The second kappa shape index (κ2) is 5.91. The van der Waals surface area contributed by atoms with Crippen molar-refractivity contribution in [2.75, 3.05) is 6.54 Å². The third-order valence-electron chi connectivity index (χ3n) is 4.09. The maximum absolute atomic E-state index is 14.0. The number of rotatable bonds is 3. The molecule has 5 heteroatoms. The molecule has 22 heavy (non-hydrogen) atoms. The average molecular weight is 302 g/mol. The van der Waals surface area contributed by atoms with E-state index in [2.05, 4.69) is 5.16 Å². The van der Waals surface area contributed by atoms with Crippen LogP contribution in [-0.4, -0.2) is 22.5 Å². The molecule has 1 aromatic carbocycles. The number of benzene rings is 1. The molecule has 1 fully saturated rings. The zero-order chi connectivity index (χ0) is 15.7. The lowest BCUT2D eigenvalue weighted by Crippen LogP contribution is -2.31. The number of hydrogen-bond acceptors (Lipinski definition) is 3. The lowest BCUT2D eigenvalue weighted by Gasteiger charge is -2.24. The van der Waals surface area contributed by atoms with Gasteiger partial charge < -0.3 is 9.42 Å². The van der Waals surface area contributed by atoms with Crippen molar-refractivity contribution < 1.29 is 13.7 Å². The van der Waals surface area contributed by atoms with Crippen LogP contribution in [0, 0.1) is 5.82 Å². The maximum atomic E-state index is 14.0. The normalized spacial score (nSPS) is 18.2. The fraction of sp³-hybridized carbons (Fsp3) is 0.412. The monoisotopic (exact) mass is 302 g/mol. The van der Waals surface area contributed by atoms with Gasteiger partial charge in [0, 0.05) is 24.1 Å². The molecule has 1 unspecified atom stereocenters. The zero-order valence-corrected chi connectivity index (χ0v) is 12.8. The van der Waals surface area contributed by atoms with E-state index in [1.54, 1.807) is 29.2 Å². The first kappa shape index (κ1) is 14.8. The van der Waals surface area contributed by atoms with Crippen molar-refractivity contribution in [3.05, 3.63) is 53.2 Å². The van der Waals surface area contributed by atoms with Gasteiger partial charge in [-0.05, 0) is 18.9 Å². The molecule has 1 aliphatic rings. The third kappa shape index (κ3) is 2.63. The van der Waals surface area contributed by atoms with Crippen molar-refractivity contribution >= 4 is 5.91 Å². The average Bonchev–Trinajstić information content (AvgIpc) is 3.16. The summed E-state index contributed by atoms with van der Waals surface area (Å²) < 4.78 is 19.2. The molecule has 1 atom stereocenters. The van der Waals surface area contributed by atoms with Gasteiger partial charge in [0.1, 0.15) is 11.6 Å². The second-order valence-corrected chi connectivity index (χ2v) is 5.95. The first-order valence-corrected chi connectivity index (χ1v) is 7.60. The molecule has 116 valence electrons. The lowest BCUT2D eigenvalue weighted by molar-refractivity contribution is 0.0723. The van der Waals surface area contributed by atoms with Gasteiger partial charge in [-0.1, -0.05) is 37.2 Å². The molecule has 1 saturated heterocycles. The standard InChI is InChI=1S/C17H19FN2O2/c1-11(2)16-10-14(19-22-16)17(21)20-9-5-8-15(20)12-6-3-4-7-13(12)18/h3-4,6-7,10-11,15H,5,8-9H2,1-2H3. The van der Waals surface area contributed by atoms with E-state index >= 15 is 0 Å².